The smallest absolute Gasteiger partial charge is 0.319 e. The van der Waals surface area contributed by atoms with Crippen LogP contribution >= 0.6 is 0 Å². The Morgan fingerprint density at radius 1 is 1.13 bits per heavy atom. The minimum atomic E-state index is -0.203. The summed E-state index contributed by atoms with van der Waals surface area (Å²) in [5.41, 5.74) is 0.702. The summed E-state index contributed by atoms with van der Waals surface area (Å²) in [5, 5.41) is 5.87. The molecule has 1 aliphatic carbocycles. The molecule has 2 fully saturated rings. The summed E-state index contributed by atoms with van der Waals surface area (Å²) >= 11 is 0. The van der Waals surface area contributed by atoms with Crippen molar-refractivity contribution < 1.29 is 19.0 Å². The van der Waals surface area contributed by atoms with Crippen molar-refractivity contribution in [1.82, 2.24) is 5.32 Å². The number of anilines is 1. The molecule has 0 bridgehead atoms. The van der Waals surface area contributed by atoms with E-state index in [0.717, 1.165) is 19.3 Å². The lowest BCUT2D eigenvalue weighted by Gasteiger charge is -2.32. The number of rotatable bonds is 2. The van der Waals surface area contributed by atoms with E-state index >= 15 is 0 Å². The number of ether oxygens (including phenoxy) is 3. The highest BCUT2D eigenvalue weighted by Crippen LogP contribution is 2.39. The van der Waals surface area contributed by atoms with Crippen LogP contribution in [0, 0.1) is 0 Å². The van der Waals surface area contributed by atoms with Gasteiger partial charge in [0.2, 0.25) is 6.79 Å². The molecule has 6 nitrogen and oxygen atoms in total. The Balaban J connectivity index is 1.32. The molecule has 3 aliphatic rings. The molecule has 2 N–H and O–H groups in total. The number of nitrogens with one attached hydrogen (secondary N) is 2. The van der Waals surface area contributed by atoms with Crippen LogP contribution in [0.2, 0.25) is 0 Å². The highest BCUT2D eigenvalue weighted by atomic mass is 16.7. The SMILES string of the molecule is O=C(Nc1ccc2c(c1)OCO2)N[C@H]1COC2(CCCCC2)C1. The van der Waals surface area contributed by atoms with Gasteiger partial charge in [-0.05, 0) is 31.4 Å². The molecule has 1 atom stereocenters. The number of carbonyl (C=O) groups excluding carboxylic acids is 1. The molecule has 1 spiro atoms. The zero-order chi connectivity index (χ0) is 15.7. The molecule has 0 unspecified atom stereocenters. The van der Waals surface area contributed by atoms with Crippen LogP contribution in [0.4, 0.5) is 10.5 Å². The second-order valence-corrected chi connectivity index (χ2v) is 6.62. The van der Waals surface area contributed by atoms with Gasteiger partial charge < -0.3 is 24.8 Å². The molecule has 1 aromatic rings. The highest BCUT2D eigenvalue weighted by Gasteiger charge is 2.41. The monoisotopic (exact) mass is 318 g/mol. The average molecular weight is 318 g/mol. The molecular formula is C17H22N2O4. The van der Waals surface area contributed by atoms with Gasteiger partial charge in [-0.25, -0.2) is 4.79 Å². The fraction of sp³-hybridized carbons (Fsp3) is 0.588. The summed E-state index contributed by atoms with van der Waals surface area (Å²) in [7, 11) is 0. The van der Waals surface area contributed by atoms with E-state index in [4.69, 9.17) is 14.2 Å². The van der Waals surface area contributed by atoms with Crippen molar-refractivity contribution in [3.63, 3.8) is 0 Å². The molecule has 4 rings (SSSR count). The van der Waals surface area contributed by atoms with Crippen molar-refractivity contribution >= 4 is 11.7 Å². The summed E-state index contributed by atoms with van der Waals surface area (Å²) in [6.45, 7) is 0.834. The third-order valence-electron chi connectivity index (χ3n) is 4.94. The first-order valence-corrected chi connectivity index (χ1v) is 8.34. The van der Waals surface area contributed by atoms with Gasteiger partial charge in [0.1, 0.15) is 0 Å². The molecule has 1 saturated heterocycles. The van der Waals surface area contributed by atoms with Crippen molar-refractivity contribution in [3.05, 3.63) is 18.2 Å². The van der Waals surface area contributed by atoms with E-state index in [-0.39, 0.29) is 24.5 Å². The molecular weight excluding hydrogens is 296 g/mol. The number of benzene rings is 1. The first-order chi connectivity index (χ1) is 11.2. The van der Waals surface area contributed by atoms with Gasteiger partial charge in [-0.2, -0.15) is 0 Å². The van der Waals surface area contributed by atoms with E-state index < -0.39 is 0 Å². The van der Waals surface area contributed by atoms with E-state index in [1.165, 1.54) is 19.3 Å². The van der Waals surface area contributed by atoms with Gasteiger partial charge in [-0.3, -0.25) is 0 Å². The van der Waals surface area contributed by atoms with E-state index in [9.17, 15) is 4.79 Å². The molecule has 23 heavy (non-hydrogen) atoms. The van der Waals surface area contributed by atoms with E-state index in [0.29, 0.717) is 23.8 Å². The second kappa shape index (κ2) is 5.92. The van der Waals surface area contributed by atoms with Crippen LogP contribution in [0.1, 0.15) is 38.5 Å². The van der Waals surface area contributed by atoms with Crippen LogP contribution in [-0.2, 0) is 4.74 Å². The fourth-order valence-electron chi connectivity index (χ4n) is 3.81. The molecule has 6 heteroatoms. The molecule has 0 radical (unpaired) electrons. The molecule has 124 valence electrons. The Bertz CT molecular complexity index is 598. The summed E-state index contributed by atoms with van der Waals surface area (Å²) in [6, 6.07) is 5.26. The predicted molar refractivity (Wildman–Crippen MR) is 84.9 cm³/mol. The van der Waals surface area contributed by atoms with Gasteiger partial charge in [-0.1, -0.05) is 19.3 Å². The van der Waals surface area contributed by atoms with Crippen LogP contribution < -0.4 is 20.1 Å². The van der Waals surface area contributed by atoms with Crippen molar-refractivity contribution in [1.29, 1.82) is 0 Å². The van der Waals surface area contributed by atoms with Crippen molar-refractivity contribution in [2.24, 2.45) is 0 Å². The number of hydrogen-bond donors (Lipinski definition) is 2. The second-order valence-electron chi connectivity index (χ2n) is 6.62. The van der Waals surface area contributed by atoms with Gasteiger partial charge >= 0.3 is 6.03 Å². The van der Waals surface area contributed by atoms with Crippen LogP contribution in [0.25, 0.3) is 0 Å². The van der Waals surface area contributed by atoms with Crippen molar-refractivity contribution in [2.75, 3.05) is 18.7 Å². The Hall–Kier alpha value is -1.95. The minimum Gasteiger partial charge on any atom is -0.454 e. The van der Waals surface area contributed by atoms with Crippen LogP contribution in [0.15, 0.2) is 18.2 Å². The topological polar surface area (TPSA) is 68.8 Å². The maximum atomic E-state index is 12.2. The van der Waals surface area contributed by atoms with Gasteiger partial charge in [0.25, 0.3) is 0 Å². The Morgan fingerprint density at radius 3 is 2.83 bits per heavy atom. The van der Waals surface area contributed by atoms with Crippen LogP contribution in [-0.4, -0.2) is 31.1 Å². The lowest BCUT2D eigenvalue weighted by molar-refractivity contribution is -0.0245. The zero-order valence-corrected chi connectivity index (χ0v) is 13.1. The lowest BCUT2D eigenvalue weighted by atomic mass is 9.82. The molecule has 2 amide bonds. The molecule has 2 heterocycles. The number of amides is 2. The van der Waals surface area contributed by atoms with Crippen LogP contribution in [0.5, 0.6) is 11.5 Å². The first-order valence-electron chi connectivity index (χ1n) is 8.34. The van der Waals surface area contributed by atoms with Gasteiger partial charge in [0.05, 0.1) is 18.2 Å². The maximum absolute atomic E-state index is 12.2. The Kier molecular flexibility index (Phi) is 3.77. The van der Waals surface area contributed by atoms with Gasteiger partial charge in [0, 0.05) is 11.8 Å². The summed E-state index contributed by atoms with van der Waals surface area (Å²) in [4.78, 5) is 12.2. The standard InChI is InChI=1S/C17H22N2O4/c20-16(18-12-4-5-14-15(8-12)22-11-21-14)19-13-9-17(23-10-13)6-2-1-3-7-17/h4-5,8,13H,1-3,6-7,9-11H2,(H2,18,19,20)/t13-/m1/s1. The largest absolute Gasteiger partial charge is 0.454 e. The fourth-order valence-corrected chi connectivity index (χ4v) is 3.81. The Morgan fingerprint density at radius 2 is 1.96 bits per heavy atom. The summed E-state index contributed by atoms with van der Waals surface area (Å²) in [6.07, 6.45) is 6.92. The van der Waals surface area contributed by atoms with Gasteiger partial charge in [-0.15, -0.1) is 0 Å². The normalized spacial score (nSPS) is 24.6. The van der Waals surface area contributed by atoms with E-state index in [2.05, 4.69) is 10.6 Å². The maximum Gasteiger partial charge on any atom is 0.319 e. The number of carbonyl (C=O) groups is 1. The highest BCUT2D eigenvalue weighted by molar-refractivity contribution is 5.89. The molecule has 2 aliphatic heterocycles. The third-order valence-corrected chi connectivity index (χ3v) is 4.94. The van der Waals surface area contributed by atoms with E-state index in [1.807, 2.05) is 0 Å². The summed E-state index contributed by atoms with van der Waals surface area (Å²) < 4.78 is 16.6. The van der Waals surface area contributed by atoms with Crippen molar-refractivity contribution in [2.45, 2.75) is 50.2 Å². The predicted octanol–water partition coefficient (Wildman–Crippen LogP) is 3.03. The third kappa shape index (κ3) is 3.08. The zero-order valence-electron chi connectivity index (χ0n) is 13.1. The molecule has 1 saturated carbocycles. The number of fused-ring (bicyclic) bond motifs is 1. The van der Waals surface area contributed by atoms with Crippen LogP contribution in [0.3, 0.4) is 0 Å². The quantitative estimate of drug-likeness (QED) is 0.879. The first kappa shape index (κ1) is 14.6. The van der Waals surface area contributed by atoms with E-state index in [1.54, 1.807) is 18.2 Å². The average Bonchev–Trinajstić information content (AvgIpc) is 3.15. The van der Waals surface area contributed by atoms with Gasteiger partial charge in [0.15, 0.2) is 11.5 Å². The number of hydrogen-bond acceptors (Lipinski definition) is 4. The van der Waals surface area contributed by atoms with Crippen molar-refractivity contribution in [3.8, 4) is 11.5 Å². The minimum absolute atomic E-state index is 0.00887. The number of urea groups is 1. The summed E-state index contributed by atoms with van der Waals surface area (Å²) in [5.74, 6) is 1.37. The lowest BCUT2D eigenvalue weighted by Crippen LogP contribution is -2.39. The Labute approximate surface area is 135 Å². The molecule has 1 aromatic carbocycles. The molecule has 0 aromatic heterocycles.